The van der Waals surface area contributed by atoms with E-state index in [0.717, 1.165) is 30.6 Å². The van der Waals surface area contributed by atoms with Crippen molar-refractivity contribution in [1.82, 2.24) is 5.32 Å². The largest absolute Gasteiger partial charge is 0.497 e. The fourth-order valence-corrected chi connectivity index (χ4v) is 3.53. The second kappa shape index (κ2) is 7.08. The van der Waals surface area contributed by atoms with Crippen LogP contribution in [0, 0.1) is 13.8 Å². The molecule has 0 aromatic heterocycles. The van der Waals surface area contributed by atoms with Gasteiger partial charge in [-0.2, -0.15) is 0 Å². The van der Waals surface area contributed by atoms with Gasteiger partial charge in [-0.15, -0.1) is 0 Å². The number of nitrogens with one attached hydrogen (secondary N) is 1. The lowest BCUT2D eigenvalue weighted by Crippen LogP contribution is -2.32. The molecule has 0 fully saturated rings. The Labute approximate surface area is 144 Å². The Hall–Kier alpha value is -2.29. The predicted molar refractivity (Wildman–Crippen MR) is 96.4 cm³/mol. The van der Waals surface area contributed by atoms with Gasteiger partial charge in [0.05, 0.1) is 19.6 Å². The van der Waals surface area contributed by atoms with E-state index in [9.17, 15) is 4.79 Å². The molecule has 0 bridgehead atoms. The van der Waals surface area contributed by atoms with Gasteiger partial charge >= 0.3 is 0 Å². The first-order valence-corrected chi connectivity index (χ1v) is 8.59. The summed E-state index contributed by atoms with van der Waals surface area (Å²) < 4.78 is 5.31. The fraction of sp³-hybridized carbons (Fsp3) is 0.381. The average Bonchev–Trinajstić information content (AvgIpc) is 2.57. The van der Waals surface area contributed by atoms with E-state index in [2.05, 4.69) is 49.5 Å². The standard InChI is InChI=1S/C21H25NO2/c1-14-7-8-16(15(2)11-14)13-21(23)22-20-6-4-5-17-12-18(24-3)9-10-19(17)20/h7-12,20H,4-6,13H2,1-3H3,(H,22,23). The second-order valence-corrected chi connectivity index (χ2v) is 6.68. The maximum atomic E-state index is 12.5. The van der Waals surface area contributed by atoms with E-state index < -0.39 is 0 Å². The molecule has 1 aliphatic carbocycles. The molecule has 1 atom stereocenters. The Balaban J connectivity index is 1.71. The Morgan fingerprint density at radius 1 is 1.21 bits per heavy atom. The Morgan fingerprint density at radius 2 is 2.04 bits per heavy atom. The van der Waals surface area contributed by atoms with E-state index in [1.54, 1.807) is 7.11 Å². The first-order chi connectivity index (χ1) is 11.6. The van der Waals surface area contributed by atoms with Crippen LogP contribution < -0.4 is 10.1 Å². The predicted octanol–water partition coefficient (Wildman–Crippen LogP) is 4.05. The van der Waals surface area contributed by atoms with Gasteiger partial charge in [0.25, 0.3) is 0 Å². The van der Waals surface area contributed by atoms with E-state index >= 15 is 0 Å². The van der Waals surface area contributed by atoms with Crippen LogP contribution in [0.15, 0.2) is 36.4 Å². The van der Waals surface area contributed by atoms with Crippen molar-refractivity contribution in [2.45, 2.75) is 45.6 Å². The van der Waals surface area contributed by atoms with Crippen LogP contribution in [-0.2, 0) is 17.6 Å². The van der Waals surface area contributed by atoms with Crippen molar-refractivity contribution in [1.29, 1.82) is 0 Å². The zero-order valence-electron chi connectivity index (χ0n) is 14.7. The smallest absolute Gasteiger partial charge is 0.224 e. The van der Waals surface area contributed by atoms with Crippen molar-refractivity contribution in [3.05, 3.63) is 64.2 Å². The van der Waals surface area contributed by atoms with Gasteiger partial charge in [0.15, 0.2) is 0 Å². The van der Waals surface area contributed by atoms with E-state index in [1.807, 2.05) is 6.07 Å². The van der Waals surface area contributed by atoms with Crippen LogP contribution in [0.4, 0.5) is 0 Å². The van der Waals surface area contributed by atoms with Crippen LogP contribution in [0.5, 0.6) is 5.75 Å². The van der Waals surface area contributed by atoms with Crippen LogP contribution in [0.25, 0.3) is 0 Å². The Morgan fingerprint density at radius 3 is 2.79 bits per heavy atom. The molecule has 0 saturated carbocycles. The van der Waals surface area contributed by atoms with Crippen molar-refractivity contribution in [3.63, 3.8) is 0 Å². The summed E-state index contributed by atoms with van der Waals surface area (Å²) in [5.41, 5.74) is 6.03. The average molecular weight is 323 g/mol. The highest BCUT2D eigenvalue weighted by atomic mass is 16.5. The van der Waals surface area contributed by atoms with Crippen LogP contribution >= 0.6 is 0 Å². The molecule has 0 saturated heterocycles. The lowest BCUT2D eigenvalue weighted by molar-refractivity contribution is -0.121. The topological polar surface area (TPSA) is 38.3 Å². The third-order valence-electron chi connectivity index (χ3n) is 4.85. The minimum Gasteiger partial charge on any atom is -0.497 e. The number of fused-ring (bicyclic) bond motifs is 1. The number of carbonyl (C=O) groups is 1. The fourth-order valence-electron chi connectivity index (χ4n) is 3.53. The second-order valence-electron chi connectivity index (χ2n) is 6.68. The number of ether oxygens (including phenoxy) is 1. The van der Waals surface area contributed by atoms with E-state index in [0.29, 0.717) is 6.42 Å². The normalized spacial score (nSPS) is 16.4. The summed E-state index contributed by atoms with van der Waals surface area (Å²) in [6.07, 6.45) is 3.58. The molecule has 0 spiro atoms. The quantitative estimate of drug-likeness (QED) is 0.922. The van der Waals surface area contributed by atoms with E-state index in [1.165, 1.54) is 22.3 Å². The van der Waals surface area contributed by atoms with Gasteiger partial charge < -0.3 is 10.1 Å². The summed E-state index contributed by atoms with van der Waals surface area (Å²) in [5, 5.41) is 3.22. The zero-order chi connectivity index (χ0) is 17.1. The highest BCUT2D eigenvalue weighted by Crippen LogP contribution is 2.32. The van der Waals surface area contributed by atoms with Gasteiger partial charge in [0.1, 0.15) is 5.75 Å². The molecule has 1 aliphatic rings. The van der Waals surface area contributed by atoms with Gasteiger partial charge in [-0.1, -0.05) is 29.8 Å². The monoisotopic (exact) mass is 323 g/mol. The van der Waals surface area contributed by atoms with E-state index in [-0.39, 0.29) is 11.9 Å². The molecule has 3 rings (SSSR count). The molecule has 1 amide bonds. The molecule has 2 aromatic rings. The molecule has 0 radical (unpaired) electrons. The number of rotatable bonds is 4. The lowest BCUT2D eigenvalue weighted by Gasteiger charge is -2.27. The number of carbonyl (C=O) groups excluding carboxylic acids is 1. The van der Waals surface area contributed by atoms with Crippen molar-refractivity contribution in [2.75, 3.05) is 7.11 Å². The molecule has 1 N–H and O–H groups in total. The number of hydrogen-bond acceptors (Lipinski definition) is 2. The molecular formula is C21H25NO2. The SMILES string of the molecule is COc1ccc2c(c1)CCCC2NC(=O)Cc1ccc(C)cc1C. The molecule has 24 heavy (non-hydrogen) atoms. The third-order valence-corrected chi connectivity index (χ3v) is 4.85. The van der Waals surface area contributed by atoms with Crippen molar-refractivity contribution >= 4 is 5.91 Å². The number of amides is 1. The molecule has 1 unspecified atom stereocenters. The number of methoxy groups -OCH3 is 1. The Kier molecular flexibility index (Phi) is 4.89. The van der Waals surface area contributed by atoms with Crippen molar-refractivity contribution < 1.29 is 9.53 Å². The van der Waals surface area contributed by atoms with Crippen LogP contribution in [-0.4, -0.2) is 13.0 Å². The molecular weight excluding hydrogens is 298 g/mol. The van der Waals surface area contributed by atoms with Crippen LogP contribution in [0.2, 0.25) is 0 Å². The number of aryl methyl sites for hydroxylation is 3. The summed E-state index contributed by atoms with van der Waals surface area (Å²) in [5.74, 6) is 0.978. The highest BCUT2D eigenvalue weighted by molar-refractivity contribution is 5.79. The van der Waals surface area contributed by atoms with Gasteiger partial charge in [-0.3, -0.25) is 4.79 Å². The maximum absolute atomic E-state index is 12.5. The summed E-state index contributed by atoms with van der Waals surface area (Å²) in [6.45, 7) is 4.14. The summed E-state index contributed by atoms with van der Waals surface area (Å²) in [6, 6.07) is 12.5. The van der Waals surface area contributed by atoms with Crippen LogP contribution in [0.1, 0.15) is 46.7 Å². The lowest BCUT2D eigenvalue weighted by atomic mass is 9.87. The molecule has 3 heteroatoms. The van der Waals surface area contributed by atoms with Gasteiger partial charge in [-0.25, -0.2) is 0 Å². The molecule has 0 aliphatic heterocycles. The third kappa shape index (κ3) is 3.61. The first kappa shape index (κ1) is 16.6. The number of benzene rings is 2. The van der Waals surface area contributed by atoms with Crippen molar-refractivity contribution in [2.24, 2.45) is 0 Å². The van der Waals surface area contributed by atoms with Gasteiger partial charge in [-0.05, 0) is 67.5 Å². The minimum absolute atomic E-state index is 0.0932. The Bertz CT molecular complexity index is 751. The van der Waals surface area contributed by atoms with E-state index in [4.69, 9.17) is 4.74 Å². The zero-order valence-corrected chi connectivity index (χ0v) is 14.7. The summed E-state index contributed by atoms with van der Waals surface area (Å²) in [4.78, 5) is 12.5. The van der Waals surface area contributed by atoms with Gasteiger partial charge in [0.2, 0.25) is 5.91 Å². The number of hydrogen-bond donors (Lipinski definition) is 1. The molecule has 3 nitrogen and oxygen atoms in total. The summed E-state index contributed by atoms with van der Waals surface area (Å²) in [7, 11) is 1.69. The van der Waals surface area contributed by atoms with Crippen molar-refractivity contribution in [3.8, 4) is 5.75 Å². The maximum Gasteiger partial charge on any atom is 0.224 e. The van der Waals surface area contributed by atoms with Gasteiger partial charge in [0, 0.05) is 0 Å². The minimum atomic E-state index is 0.0932. The first-order valence-electron chi connectivity index (χ1n) is 8.59. The van der Waals surface area contributed by atoms with Crippen LogP contribution in [0.3, 0.4) is 0 Å². The molecule has 2 aromatic carbocycles. The summed E-state index contributed by atoms with van der Waals surface area (Å²) >= 11 is 0. The highest BCUT2D eigenvalue weighted by Gasteiger charge is 2.22. The molecule has 126 valence electrons. The molecule has 0 heterocycles.